The molecule has 0 spiro atoms. The standard InChI is InChI=1S/C21H17FO3/c1-3-18-19(22)10-9-16-11-17(25-14-23-2)12-20(21(16)18)24-13-15-7-5-4-6-8-15/h1,4-12H,13-14H2,2H3. The molecule has 0 aliphatic heterocycles. The van der Waals surface area contributed by atoms with Crippen molar-refractivity contribution in [1.29, 1.82) is 0 Å². The molecule has 3 aromatic carbocycles. The van der Waals surface area contributed by atoms with Gasteiger partial charge in [-0.2, -0.15) is 0 Å². The fourth-order valence-corrected chi connectivity index (χ4v) is 2.58. The number of ether oxygens (including phenoxy) is 3. The fraction of sp³-hybridized carbons (Fsp3) is 0.143. The van der Waals surface area contributed by atoms with Gasteiger partial charge in [0.1, 0.15) is 23.9 Å². The first-order valence-corrected chi connectivity index (χ1v) is 7.74. The van der Waals surface area contributed by atoms with Crippen LogP contribution in [-0.2, 0) is 11.3 Å². The molecule has 0 aliphatic rings. The van der Waals surface area contributed by atoms with Gasteiger partial charge in [0.2, 0.25) is 0 Å². The van der Waals surface area contributed by atoms with Crippen LogP contribution in [0.2, 0.25) is 0 Å². The van der Waals surface area contributed by atoms with Crippen LogP contribution in [0.5, 0.6) is 11.5 Å². The molecule has 0 fully saturated rings. The molecule has 3 nitrogen and oxygen atoms in total. The van der Waals surface area contributed by atoms with Crippen molar-refractivity contribution in [3.8, 4) is 23.8 Å². The number of terminal acetylenes is 1. The van der Waals surface area contributed by atoms with Crippen LogP contribution in [0.1, 0.15) is 11.1 Å². The van der Waals surface area contributed by atoms with E-state index >= 15 is 0 Å². The molecule has 0 saturated heterocycles. The van der Waals surface area contributed by atoms with Gasteiger partial charge in [-0.3, -0.25) is 0 Å². The van der Waals surface area contributed by atoms with Crippen LogP contribution in [-0.4, -0.2) is 13.9 Å². The first kappa shape index (κ1) is 16.8. The van der Waals surface area contributed by atoms with Gasteiger partial charge in [-0.25, -0.2) is 4.39 Å². The van der Waals surface area contributed by atoms with Gasteiger partial charge in [-0.15, -0.1) is 6.42 Å². The molecule has 0 aromatic heterocycles. The molecular formula is C21H17FO3. The lowest BCUT2D eigenvalue weighted by molar-refractivity contribution is 0.0510. The summed E-state index contributed by atoms with van der Waals surface area (Å²) in [6, 6.07) is 16.2. The Kier molecular flexibility index (Phi) is 5.17. The molecule has 0 radical (unpaired) electrons. The summed E-state index contributed by atoms with van der Waals surface area (Å²) in [6.07, 6.45) is 5.51. The number of benzene rings is 3. The summed E-state index contributed by atoms with van der Waals surface area (Å²) in [5.41, 5.74) is 1.18. The topological polar surface area (TPSA) is 27.7 Å². The number of fused-ring (bicyclic) bond motifs is 1. The van der Waals surface area contributed by atoms with Gasteiger partial charge in [0.05, 0.1) is 5.56 Å². The Hall–Kier alpha value is -3.03. The molecule has 25 heavy (non-hydrogen) atoms. The van der Waals surface area contributed by atoms with Crippen LogP contribution in [0.3, 0.4) is 0 Å². The summed E-state index contributed by atoms with van der Waals surface area (Å²) in [4.78, 5) is 0. The van der Waals surface area contributed by atoms with E-state index in [-0.39, 0.29) is 12.4 Å². The van der Waals surface area contributed by atoms with Crippen LogP contribution in [0.4, 0.5) is 4.39 Å². The molecule has 0 amide bonds. The predicted octanol–water partition coefficient (Wildman–Crippen LogP) is 4.52. The van der Waals surface area contributed by atoms with Crippen LogP contribution in [0, 0.1) is 18.2 Å². The lowest BCUT2D eigenvalue weighted by Crippen LogP contribution is -2.01. The number of methoxy groups -OCH3 is 1. The van der Waals surface area contributed by atoms with E-state index in [1.54, 1.807) is 25.3 Å². The Labute approximate surface area is 146 Å². The lowest BCUT2D eigenvalue weighted by Gasteiger charge is -2.14. The highest BCUT2D eigenvalue weighted by atomic mass is 19.1. The summed E-state index contributed by atoms with van der Waals surface area (Å²) in [5, 5.41) is 1.30. The van der Waals surface area contributed by atoms with E-state index in [4.69, 9.17) is 20.6 Å². The molecule has 126 valence electrons. The third-order valence-corrected chi connectivity index (χ3v) is 3.73. The van der Waals surface area contributed by atoms with E-state index in [2.05, 4.69) is 5.92 Å². The van der Waals surface area contributed by atoms with Gasteiger partial charge in [0.15, 0.2) is 6.79 Å². The van der Waals surface area contributed by atoms with Crippen molar-refractivity contribution < 1.29 is 18.6 Å². The Morgan fingerprint density at radius 2 is 1.84 bits per heavy atom. The van der Waals surface area contributed by atoms with Crippen LogP contribution < -0.4 is 9.47 Å². The molecule has 0 aliphatic carbocycles. The highest BCUT2D eigenvalue weighted by molar-refractivity contribution is 5.94. The zero-order valence-corrected chi connectivity index (χ0v) is 13.8. The smallest absolute Gasteiger partial charge is 0.188 e. The molecule has 0 bridgehead atoms. The molecule has 3 rings (SSSR count). The second-order valence-electron chi connectivity index (χ2n) is 5.41. The lowest BCUT2D eigenvalue weighted by atomic mass is 10.0. The molecule has 4 heteroatoms. The second-order valence-corrected chi connectivity index (χ2v) is 5.41. The molecule has 0 N–H and O–H groups in total. The summed E-state index contributed by atoms with van der Waals surface area (Å²) in [5.74, 6) is 3.00. The van der Waals surface area contributed by atoms with Crippen molar-refractivity contribution in [1.82, 2.24) is 0 Å². The monoisotopic (exact) mass is 336 g/mol. The summed E-state index contributed by atoms with van der Waals surface area (Å²) in [7, 11) is 1.54. The van der Waals surface area contributed by atoms with Crippen molar-refractivity contribution in [2.24, 2.45) is 0 Å². The SMILES string of the molecule is C#Cc1c(F)ccc2cc(OCOC)cc(OCc3ccccc3)c12. The third kappa shape index (κ3) is 3.73. The quantitative estimate of drug-likeness (QED) is 0.489. The normalized spacial score (nSPS) is 10.4. The predicted molar refractivity (Wildman–Crippen MR) is 95.1 cm³/mol. The van der Waals surface area contributed by atoms with Crippen molar-refractivity contribution in [3.63, 3.8) is 0 Å². The Balaban J connectivity index is 2.05. The van der Waals surface area contributed by atoms with Gasteiger partial charge in [0, 0.05) is 18.6 Å². The number of halogens is 1. The maximum Gasteiger partial charge on any atom is 0.188 e. The van der Waals surface area contributed by atoms with Crippen LogP contribution >= 0.6 is 0 Å². The minimum Gasteiger partial charge on any atom is -0.488 e. The van der Waals surface area contributed by atoms with Crippen molar-refractivity contribution in [2.45, 2.75) is 6.61 Å². The summed E-state index contributed by atoms with van der Waals surface area (Å²) in [6.45, 7) is 0.441. The highest BCUT2D eigenvalue weighted by Gasteiger charge is 2.14. The number of rotatable bonds is 6. The van der Waals surface area contributed by atoms with Crippen molar-refractivity contribution >= 4 is 10.8 Å². The van der Waals surface area contributed by atoms with E-state index in [1.807, 2.05) is 30.3 Å². The average Bonchev–Trinajstić information content (AvgIpc) is 2.65. The van der Waals surface area contributed by atoms with Gasteiger partial charge >= 0.3 is 0 Å². The third-order valence-electron chi connectivity index (χ3n) is 3.73. The first-order valence-electron chi connectivity index (χ1n) is 7.74. The zero-order chi connectivity index (χ0) is 17.6. The van der Waals surface area contributed by atoms with Gasteiger partial charge in [-0.05, 0) is 23.1 Å². The Bertz CT molecular complexity index is 914. The molecular weight excluding hydrogens is 319 g/mol. The fourth-order valence-electron chi connectivity index (χ4n) is 2.58. The molecule has 0 atom stereocenters. The average molecular weight is 336 g/mol. The molecule has 0 unspecified atom stereocenters. The Morgan fingerprint density at radius 3 is 2.56 bits per heavy atom. The minimum absolute atomic E-state index is 0.104. The van der Waals surface area contributed by atoms with Crippen molar-refractivity contribution in [3.05, 3.63) is 71.5 Å². The minimum atomic E-state index is -0.454. The summed E-state index contributed by atoms with van der Waals surface area (Å²) >= 11 is 0. The van der Waals surface area contributed by atoms with Gasteiger partial charge in [-0.1, -0.05) is 42.3 Å². The highest BCUT2D eigenvalue weighted by Crippen LogP contribution is 2.35. The second kappa shape index (κ2) is 7.69. The molecule has 0 saturated carbocycles. The van der Waals surface area contributed by atoms with Gasteiger partial charge in [0.25, 0.3) is 0 Å². The maximum atomic E-state index is 14.1. The number of hydrogen-bond acceptors (Lipinski definition) is 3. The largest absolute Gasteiger partial charge is 0.488 e. The zero-order valence-electron chi connectivity index (χ0n) is 13.8. The Morgan fingerprint density at radius 1 is 1.04 bits per heavy atom. The van der Waals surface area contributed by atoms with E-state index in [1.165, 1.54) is 6.07 Å². The van der Waals surface area contributed by atoms with Crippen LogP contribution in [0.25, 0.3) is 10.8 Å². The van der Waals surface area contributed by atoms with E-state index in [0.29, 0.717) is 23.5 Å². The maximum absolute atomic E-state index is 14.1. The van der Waals surface area contributed by atoms with Gasteiger partial charge < -0.3 is 14.2 Å². The summed E-state index contributed by atoms with van der Waals surface area (Å²) < 4.78 is 30.5. The van der Waals surface area contributed by atoms with E-state index in [9.17, 15) is 4.39 Å². The van der Waals surface area contributed by atoms with Crippen LogP contribution in [0.15, 0.2) is 54.6 Å². The van der Waals surface area contributed by atoms with E-state index < -0.39 is 5.82 Å². The first-order chi connectivity index (χ1) is 12.2. The molecule has 3 aromatic rings. The molecule has 0 heterocycles. The van der Waals surface area contributed by atoms with E-state index in [0.717, 1.165) is 10.9 Å². The van der Waals surface area contributed by atoms with Crippen molar-refractivity contribution in [2.75, 3.05) is 13.9 Å². The number of hydrogen-bond donors (Lipinski definition) is 0.